The molecule has 0 spiro atoms. The molecular formula is C14H28O7S. The molecule has 0 aromatic heterocycles. The SMILES string of the molecule is CCCC.CCCCCCOC(=O)C(CC(=O)O)S(=O)(=O)O. The van der Waals surface area contributed by atoms with E-state index in [1.165, 1.54) is 12.8 Å². The molecule has 0 saturated carbocycles. The fourth-order valence-corrected chi connectivity index (χ4v) is 1.93. The van der Waals surface area contributed by atoms with E-state index in [2.05, 4.69) is 18.6 Å². The summed E-state index contributed by atoms with van der Waals surface area (Å²) in [6.07, 6.45) is 5.01. The van der Waals surface area contributed by atoms with Crippen molar-refractivity contribution in [2.24, 2.45) is 0 Å². The number of carbonyl (C=O) groups excluding carboxylic acids is 1. The summed E-state index contributed by atoms with van der Waals surface area (Å²) < 4.78 is 35.1. The maximum absolute atomic E-state index is 11.3. The first-order chi connectivity index (χ1) is 10.2. The number of rotatable bonds is 10. The molecule has 0 aliphatic carbocycles. The van der Waals surface area contributed by atoms with Gasteiger partial charge in [-0.2, -0.15) is 8.42 Å². The Balaban J connectivity index is 0. The molecule has 0 aromatic rings. The quantitative estimate of drug-likeness (QED) is 0.356. The van der Waals surface area contributed by atoms with Crippen molar-refractivity contribution in [3.05, 3.63) is 0 Å². The van der Waals surface area contributed by atoms with Crippen LogP contribution in [0.2, 0.25) is 0 Å². The van der Waals surface area contributed by atoms with Gasteiger partial charge in [0.25, 0.3) is 10.1 Å². The van der Waals surface area contributed by atoms with E-state index in [1.54, 1.807) is 0 Å². The van der Waals surface area contributed by atoms with E-state index in [4.69, 9.17) is 9.66 Å². The fraction of sp³-hybridized carbons (Fsp3) is 0.857. The van der Waals surface area contributed by atoms with Crippen LogP contribution in [0.15, 0.2) is 0 Å². The maximum atomic E-state index is 11.3. The van der Waals surface area contributed by atoms with Crippen LogP contribution >= 0.6 is 0 Å². The van der Waals surface area contributed by atoms with Crippen LogP contribution in [-0.2, 0) is 24.4 Å². The summed E-state index contributed by atoms with van der Waals surface area (Å²) >= 11 is 0. The van der Waals surface area contributed by atoms with E-state index >= 15 is 0 Å². The number of hydrogen-bond donors (Lipinski definition) is 2. The van der Waals surface area contributed by atoms with Crippen molar-refractivity contribution in [1.29, 1.82) is 0 Å². The second-order valence-electron chi connectivity index (χ2n) is 4.83. The van der Waals surface area contributed by atoms with E-state index < -0.39 is 33.7 Å². The van der Waals surface area contributed by atoms with Crippen LogP contribution in [0.25, 0.3) is 0 Å². The van der Waals surface area contributed by atoms with E-state index in [9.17, 15) is 18.0 Å². The van der Waals surface area contributed by atoms with Gasteiger partial charge in [-0.05, 0) is 6.42 Å². The van der Waals surface area contributed by atoms with Crippen LogP contribution < -0.4 is 0 Å². The highest BCUT2D eigenvalue weighted by Gasteiger charge is 2.34. The Bertz CT molecular complexity index is 401. The van der Waals surface area contributed by atoms with Gasteiger partial charge in [0.2, 0.25) is 0 Å². The van der Waals surface area contributed by atoms with Gasteiger partial charge in [0.15, 0.2) is 5.25 Å². The molecule has 7 nitrogen and oxygen atoms in total. The zero-order valence-electron chi connectivity index (χ0n) is 13.6. The minimum Gasteiger partial charge on any atom is -0.481 e. The Kier molecular flexibility index (Phi) is 14.2. The number of carboxylic acid groups (broad SMARTS) is 1. The predicted octanol–water partition coefficient (Wildman–Crippen LogP) is 2.65. The highest BCUT2D eigenvalue weighted by Crippen LogP contribution is 2.08. The lowest BCUT2D eigenvalue weighted by Crippen LogP contribution is -2.34. The number of carbonyl (C=O) groups is 2. The normalized spacial score (nSPS) is 12.0. The smallest absolute Gasteiger partial charge is 0.327 e. The molecule has 2 N–H and O–H groups in total. The molecule has 1 atom stereocenters. The second kappa shape index (κ2) is 13.5. The first-order valence-corrected chi connectivity index (χ1v) is 9.05. The molecule has 0 radical (unpaired) electrons. The summed E-state index contributed by atoms with van der Waals surface area (Å²) in [6.45, 7) is 6.39. The van der Waals surface area contributed by atoms with Crippen molar-refractivity contribution in [3.63, 3.8) is 0 Å². The van der Waals surface area contributed by atoms with Crippen LogP contribution in [0, 0.1) is 0 Å². The minimum absolute atomic E-state index is 0.0183. The predicted molar refractivity (Wildman–Crippen MR) is 83.3 cm³/mol. The maximum Gasteiger partial charge on any atom is 0.327 e. The Labute approximate surface area is 132 Å². The van der Waals surface area contributed by atoms with Gasteiger partial charge in [-0.3, -0.25) is 14.1 Å². The summed E-state index contributed by atoms with van der Waals surface area (Å²) in [6, 6.07) is 0. The minimum atomic E-state index is -4.76. The third-order valence-electron chi connectivity index (χ3n) is 2.72. The monoisotopic (exact) mass is 340 g/mol. The van der Waals surface area contributed by atoms with Crippen molar-refractivity contribution >= 4 is 22.1 Å². The van der Waals surface area contributed by atoms with Gasteiger partial charge in [-0.25, -0.2) is 0 Å². The summed E-state index contributed by atoms with van der Waals surface area (Å²) in [5, 5.41) is 6.40. The van der Waals surface area contributed by atoms with E-state index in [0.29, 0.717) is 6.42 Å². The molecule has 0 amide bonds. The van der Waals surface area contributed by atoms with Crippen LogP contribution in [0.1, 0.15) is 65.7 Å². The van der Waals surface area contributed by atoms with Crippen LogP contribution in [-0.4, -0.2) is 41.9 Å². The molecule has 0 aromatic carbocycles. The first-order valence-electron chi connectivity index (χ1n) is 7.55. The largest absolute Gasteiger partial charge is 0.481 e. The molecular weight excluding hydrogens is 312 g/mol. The van der Waals surface area contributed by atoms with Crippen molar-refractivity contribution < 1.29 is 32.4 Å². The number of unbranched alkanes of at least 4 members (excludes halogenated alkanes) is 4. The van der Waals surface area contributed by atoms with Gasteiger partial charge in [-0.15, -0.1) is 0 Å². The zero-order chi connectivity index (χ0) is 17.6. The fourth-order valence-electron chi connectivity index (χ4n) is 1.26. The van der Waals surface area contributed by atoms with Crippen molar-refractivity contribution in [2.45, 2.75) is 71.0 Å². The number of esters is 1. The number of carboxylic acids is 1. The molecule has 1 unspecified atom stereocenters. The van der Waals surface area contributed by atoms with Crippen LogP contribution in [0.5, 0.6) is 0 Å². The highest BCUT2D eigenvalue weighted by atomic mass is 32.2. The number of ether oxygens (including phenoxy) is 1. The zero-order valence-corrected chi connectivity index (χ0v) is 14.4. The Morgan fingerprint density at radius 1 is 1.00 bits per heavy atom. The molecule has 0 saturated heterocycles. The molecule has 0 bridgehead atoms. The van der Waals surface area contributed by atoms with Crippen molar-refractivity contribution in [3.8, 4) is 0 Å². The average molecular weight is 340 g/mol. The lowest BCUT2D eigenvalue weighted by atomic mass is 10.2. The number of aliphatic carboxylic acids is 1. The summed E-state index contributed by atoms with van der Waals surface area (Å²) in [7, 11) is -4.76. The summed E-state index contributed by atoms with van der Waals surface area (Å²) in [5.74, 6) is -2.73. The molecule has 8 heteroatoms. The van der Waals surface area contributed by atoms with Crippen molar-refractivity contribution in [2.75, 3.05) is 6.61 Å². The highest BCUT2D eigenvalue weighted by molar-refractivity contribution is 7.87. The van der Waals surface area contributed by atoms with E-state index in [0.717, 1.165) is 19.3 Å². The van der Waals surface area contributed by atoms with Gasteiger partial charge < -0.3 is 9.84 Å². The molecule has 0 aliphatic rings. The summed E-state index contributed by atoms with van der Waals surface area (Å²) in [4.78, 5) is 21.7. The lowest BCUT2D eigenvalue weighted by Gasteiger charge is -2.11. The molecule has 132 valence electrons. The third kappa shape index (κ3) is 13.8. The number of hydrogen-bond acceptors (Lipinski definition) is 5. The molecule has 0 heterocycles. The molecule has 0 aliphatic heterocycles. The van der Waals surface area contributed by atoms with Crippen LogP contribution in [0.4, 0.5) is 0 Å². The second-order valence-corrected chi connectivity index (χ2v) is 6.43. The topological polar surface area (TPSA) is 118 Å². The molecule has 0 rings (SSSR count). The van der Waals surface area contributed by atoms with E-state index in [-0.39, 0.29) is 6.61 Å². The summed E-state index contributed by atoms with van der Waals surface area (Å²) in [5.41, 5.74) is 0. The van der Waals surface area contributed by atoms with Gasteiger partial charge in [-0.1, -0.05) is 52.9 Å². The average Bonchev–Trinajstić information content (AvgIpc) is 2.43. The van der Waals surface area contributed by atoms with E-state index in [1.807, 2.05) is 6.92 Å². The van der Waals surface area contributed by atoms with Crippen LogP contribution in [0.3, 0.4) is 0 Å². The van der Waals surface area contributed by atoms with Gasteiger partial charge >= 0.3 is 11.9 Å². The van der Waals surface area contributed by atoms with Gasteiger partial charge in [0.1, 0.15) is 0 Å². The Morgan fingerprint density at radius 2 is 1.55 bits per heavy atom. The van der Waals surface area contributed by atoms with Gasteiger partial charge in [0.05, 0.1) is 13.0 Å². The third-order valence-corrected chi connectivity index (χ3v) is 3.80. The molecule has 22 heavy (non-hydrogen) atoms. The lowest BCUT2D eigenvalue weighted by molar-refractivity contribution is -0.147. The molecule has 0 fully saturated rings. The standard InChI is InChI=1S/C10H18O7S.C4H10/c1-2-3-4-5-6-17-10(13)8(7-9(11)12)18(14,15)16;1-3-4-2/h8H,2-7H2,1H3,(H,11,12)(H,14,15,16);3-4H2,1-2H3. The van der Waals surface area contributed by atoms with Crippen molar-refractivity contribution in [1.82, 2.24) is 0 Å². The Hall–Kier alpha value is -1.15. The first kappa shape index (κ1) is 23.1. The van der Waals surface area contributed by atoms with Gasteiger partial charge in [0, 0.05) is 0 Å². The Morgan fingerprint density at radius 3 is 1.91 bits per heavy atom.